The van der Waals surface area contributed by atoms with E-state index in [2.05, 4.69) is 10.2 Å². The van der Waals surface area contributed by atoms with Crippen LogP contribution in [0.4, 0.5) is 13.2 Å². The quantitative estimate of drug-likeness (QED) is 0.894. The van der Waals surface area contributed by atoms with Crippen molar-refractivity contribution in [2.75, 3.05) is 6.61 Å². The first kappa shape index (κ1) is 11.8. The maximum Gasteiger partial charge on any atom is 0.416 e. The third-order valence-corrected chi connectivity index (χ3v) is 2.37. The number of aliphatic hydroxyl groups is 1. The largest absolute Gasteiger partial charge is 0.416 e. The zero-order valence-electron chi connectivity index (χ0n) is 8.78. The summed E-state index contributed by atoms with van der Waals surface area (Å²) in [4.78, 5) is 0. The van der Waals surface area contributed by atoms with E-state index >= 15 is 0 Å². The van der Waals surface area contributed by atoms with Gasteiger partial charge in [-0.1, -0.05) is 0 Å². The number of nitrogens with zero attached hydrogens (tertiary/aromatic N) is 3. The molecule has 0 aliphatic carbocycles. The van der Waals surface area contributed by atoms with Crippen LogP contribution in [0.2, 0.25) is 0 Å². The first-order valence-electron chi connectivity index (χ1n) is 5.04. The second-order valence-corrected chi connectivity index (χ2v) is 3.58. The fourth-order valence-corrected chi connectivity index (χ4v) is 1.52. The van der Waals surface area contributed by atoms with Gasteiger partial charge in [-0.05, 0) is 18.6 Å². The van der Waals surface area contributed by atoms with Gasteiger partial charge in [0.1, 0.15) is 5.82 Å². The van der Waals surface area contributed by atoms with Crippen LogP contribution in [-0.2, 0) is 12.6 Å². The Morgan fingerprint density at radius 3 is 2.71 bits per heavy atom. The molecule has 7 heteroatoms. The molecule has 0 unspecified atom stereocenters. The average molecular weight is 245 g/mol. The molecule has 0 amide bonds. The molecule has 92 valence electrons. The Balaban J connectivity index is 2.38. The van der Waals surface area contributed by atoms with Gasteiger partial charge < -0.3 is 5.11 Å². The zero-order chi connectivity index (χ0) is 12.5. The van der Waals surface area contributed by atoms with E-state index in [0.717, 1.165) is 12.1 Å². The molecule has 0 saturated heterocycles. The highest BCUT2D eigenvalue weighted by atomic mass is 19.4. The van der Waals surface area contributed by atoms with Gasteiger partial charge in [0.25, 0.3) is 0 Å². The maximum atomic E-state index is 12.4. The van der Waals surface area contributed by atoms with Crippen LogP contribution in [0.1, 0.15) is 17.8 Å². The van der Waals surface area contributed by atoms with Crippen molar-refractivity contribution < 1.29 is 18.3 Å². The number of aliphatic hydroxyl groups excluding tert-OH is 1. The Bertz CT molecular complexity index is 521. The summed E-state index contributed by atoms with van der Waals surface area (Å²) < 4.78 is 38.8. The lowest BCUT2D eigenvalue weighted by molar-refractivity contribution is -0.137. The van der Waals surface area contributed by atoms with E-state index in [4.69, 9.17) is 5.11 Å². The molecule has 0 spiro atoms. The van der Waals surface area contributed by atoms with Crippen LogP contribution in [0, 0.1) is 0 Å². The molecule has 0 fully saturated rings. The van der Waals surface area contributed by atoms with E-state index in [1.165, 1.54) is 10.6 Å². The van der Waals surface area contributed by atoms with Gasteiger partial charge in [-0.25, -0.2) is 0 Å². The number of fused-ring (bicyclic) bond motifs is 1. The summed E-state index contributed by atoms with van der Waals surface area (Å²) in [5.41, 5.74) is -0.584. The van der Waals surface area contributed by atoms with Crippen molar-refractivity contribution in [2.45, 2.75) is 19.0 Å². The van der Waals surface area contributed by atoms with Crippen molar-refractivity contribution in [3.63, 3.8) is 0 Å². The van der Waals surface area contributed by atoms with Crippen molar-refractivity contribution in [1.82, 2.24) is 14.6 Å². The van der Waals surface area contributed by atoms with Crippen molar-refractivity contribution in [3.8, 4) is 0 Å². The Hall–Kier alpha value is -1.63. The smallest absolute Gasteiger partial charge is 0.396 e. The third-order valence-electron chi connectivity index (χ3n) is 2.37. The maximum absolute atomic E-state index is 12.4. The van der Waals surface area contributed by atoms with Crippen LogP contribution in [0.15, 0.2) is 18.3 Å². The van der Waals surface area contributed by atoms with E-state index in [0.29, 0.717) is 18.7 Å². The van der Waals surface area contributed by atoms with Gasteiger partial charge in [-0.15, -0.1) is 10.2 Å². The van der Waals surface area contributed by atoms with E-state index in [-0.39, 0.29) is 12.3 Å². The molecule has 17 heavy (non-hydrogen) atoms. The van der Waals surface area contributed by atoms with Gasteiger partial charge in [0.2, 0.25) is 0 Å². The molecule has 0 saturated carbocycles. The highest BCUT2D eigenvalue weighted by Gasteiger charge is 2.30. The minimum Gasteiger partial charge on any atom is -0.396 e. The second kappa shape index (κ2) is 4.33. The van der Waals surface area contributed by atoms with Gasteiger partial charge in [0.05, 0.1) is 5.56 Å². The number of hydrogen-bond acceptors (Lipinski definition) is 3. The average Bonchev–Trinajstić information content (AvgIpc) is 2.67. The molecular weight excluding hydrogens is 235 g/mol. The molecule has 0 aliphatic rings. The predicted octanol–water partition coefficient (Wildman–Crippen LogP) is 1.67. The molecule has 2 aromatic heterocycles. The highest BCUT2D eigenvalue weighted by Crippen LogP contribution is 2.29. The number of aromatic nitrogens is 3. The number of pyridine rings is 1. The summed E-state index contributed by atoms with van der Waals surface area (Å²) in [6.07, 6.45) is -2.10. The number of aryl methyl sites for hydroxylation is 1. The van der Waals surface area contributed by atoms with Gasteiger partial charge in [0.15, 0.2) is 5.65 Å². The van der Waals surface area contributed by atoms with E-state index in [1.54, 1.807) is 0 Å². The standard InChI is InChI=1S/C10H10F3N3O/c11-10(12,13)7-3-4-16-8(2-1-5-17)14-15-9(16)6-7/h3-4,6,17H,1-2,5H2. The Kier molecular flexibility index (Phi) is 3.01. The molecule has 0 atom stereocenters. The van der Waals surface area contributed by atoms with Crippen LogP contribution in [0.25, 0.3) is 5.65 Å². The number of rotatable bonds is 3. The molecule has 1 N–H and O–H groups in total. The monoisotopic (exact) mass is 245 g/mol. The summed E-state index contributed by atoms with van der Waals surface area (Å²) in [5.74, 6) is 0.544. The minimum atomic E-state index is -4.38. The molecule has 0 bridgehead atoms. The van der Waals surface area contributed by atoms with E-state index < -0.39 is 11.7 Å². The number of hydrogen-bond donors (Lipinski definition) is 1. The van der Waals surface area contributed by atoms with Gasteiger partial charge in [-0.2, -0.15) is 13.2 Å². The van der Waals surface area contributed by atoms with Gasteiger partial charge >= 0.3 is 6.18 Å². The molecule has 4 nitrogen and oxygen atoms in total. The van der Waals surface area contributed by atoms with Crippen LogP contribution >= 0.6 is 0 Å². The van der Waals surface area contributed by atoms with Crippen LogP contribution < -0.4 is 0 Å². The lowest BCUT2D eigenvalue weighted by atomic mass is 10.2. The summed E-state index contributed by atoms with van der Waals surface area (Å²) in [6, 6.07) is 1.94. The fourth-order valence-electron chi connectivity index (χ4n) is 1.52. The summed E-state index contributed by atoms with van der Waals surface area (Å²) in [5, 5.41) is 16.1. The van der Waals surface area contributed by atoms with Crippen LogP contribution in [0.3, 0.4) is 0 Å². The summed E-state index contributed by atoms with van der Waals surface area (Å²) >= 11 is 0. The Morgan fingerprint density at radius 2 is 2.06 bits per heavy atom. The lowest BCUT2D eigenvalue weighted by Crippen LogP contribution is -2.06. The van der Waals surface area contributed by atoms with Crippen molar-refractivity contribution >= 4 is 5.65 Å². The van der Waals surface area contributed by atoms with E-state index in [9.17, 15) is 13.2 Å². The van der Waals surface area contributed by atoms with Crippen LogP contribution in [-0.4, -0.2) is 26.3 Å². The zero-order valence-corrected chi connectivity index (χ0v) is 8.78. The van der Waals surface area contributed by atoms with Gasteiger partial charge in [0, 0.05) is 19.2 Å². The highest BCUT2D eigenvalue weighted by molar-refractivity contribution is 5.42. The summed E-state index contributed by atoms with van der Waals surface area (Å²) in [6.45, 7) is 0.00947. The number of halogens is 3. The fraction of sp³-hybridized carbons (Fsp3) is 0.400. The Morgan fingerprint density at radius 1 is 1.29 bits per heavy atom. The van der Waals surface area contributed by atoms with Crippen LogP contribution in [0.5, 0.6) is 0 Å². The lowest BCUT2D eigenvalue weighted by Gasteiger charge is -2.06. The topological polar surface area (TPSA) is 50.4 Å². The second-order valence-electron chi connectivity index (χ2n) is 3.58. The molecule has 0 aliphatic heterocycles. The first-order valence-corrected chi connectivity index (χ1v) is 5.04. The molecular formula is C10H10F3N3O. The van der Waals surface area contributed by atoms with Gasteiger partial charge in [-0.3, -0.25) is 4.40 Å². The molecule has 2 heterocycles. The number of alkyl halides is 3. The van der Waals surface area contributed by atoms with Crippen molar-refractivity contribution in [1.29, 1.82) is 0 Å². The summed E-state index contributed by atoms with van der Waals surface area (Å²) in [7, 11) is 0. The Labute approximate surface area is 94.7 Å². The first-order chi connectivity index (χ1) is 8.02. The molecule has 0 radical (unpaired) electrons. The van der Waals surface area contributed by atoms with Crippen molar-refractivity contribution in [2.24, 2.45) is 0 Å². The SMILES string of the molecule is OCCCc1nnc2cc(C(F)(F)F)ccn12. The third kappa shape index (κ3) is 2.38. The van der Waals surface area contributed by atoms with E-state index in [1.807, 2.05) is 0 Å². The minimum absolute atomic E-state index is 0.00947. The predicted molar refractivity (Wildman–Crippen MR) is 53.4 cm³/mol. The molecule has 0 aromatic carbocycles. The normalized spacial score (nSPS) is 12.2. The van der Waals surface area contributed by atoms with Crippen molar-refractivity contribution in [3.05, 3.63) is 29.7 Å². The molecule has 2 rings (SSSR count). The molecule has 2 aromatic rings.